The van der Waals surface area contributed by atoms with Gasteiger partial charge in [0.25, 0.3) is 23.6 Å². The Labute approximate surface area is 218 Å². The number of amides is 4. The lowest BCUT2D eigenvalue weighted by molar-refractivity contribution is 0.0579. The first kappa shape index (κ1) is 22.8. The van der Waals surface area contributed by atoms with E-state index >= 15 is 0 Å². The topological polar surface area (TPSA) is 83.6 Å². The minimum Gasteiger partial charge on any atom is -0.288 e. The second-order valence-electron chi connectivity index (χ2n) is 10.6. The first-order valence-corrected chi connectivity index (χ1v) is 13.4. The maximum Gasteiger partial charge on any atom is 0.261 e. The Morgan fingerprint density at radius 3 is 1.53 bits per heavy atom. The summed E-state index contributed by atoms with van der Waals surface area (Å²) in [5.41, 5.74) is 2.05. The number of carbonyl (C=O) groups is 4. The molecule has 0 radical (unpaired) electrons. The molecule has 2 aliphatic heterocycles. The second-order valence-corrected chi connectivity index (χ2v) is 10.6. The quantitative estimate of drug-likeness (QED) is 0.165. The molecule has 5 aromatic carbocycles. The molecule has 0 aliphatic carbocycles. The van der Waals surface area contributed by atoms with Crippen molar-refractivity contribution in [3.05, 3.63) is 70.8 Å². The van der Waals surface area contributed by atoms with Gasteiger partial charge in [-0.15, -0.1) is 0 Å². The Morgan fingerprint density at radius 1 is 0.632 bits per heavy atom. The fraction of sp³-hybridized carbons (Fsp3) is 0.250. The van der Waals surface area contributed by atoms with Crippen molar-refractivity contribution in [1.82, 2.24) is 10.2 Å². The van der Waals surface area contributed by atoms with E-state index in [0.29, 0.717) is 39.6 Å². The molecule has 188 valence electrons. The third kappa shape index (κ3) is 2.88. The molecule has 0 saturated heterocycles. The second kappa shape index (κ2) is 8.09. The number of rotatable bonds is 6. The van der Waals surface area contributed by atoms with Gasteiger partial charge < -0.3 is 0 Å². The van der Waals surface area contributed by atoms with Gasteiger partial charge in [-0.2, -0.15) is 0 Å². The molecule has 6 heteroatoms. The SMILES string of the molecule is CCCCC(CC)CN1C(=O)c2ccc3c4ccc5c6c(ccc(c7ccc(c2c37)C1=O)c64)C(=O)NC5=O. The van der Waals surface area contributed by atoms with E-state index in [0.717, 1.165) is 58.0 Å². The lowest BCUT2D eigenvalue weighted by Gasteiger charge is -2.31. The molecule has 0 saturated carbocycles. The van der Waals surface area contributed by atoms with Crippen LogP contribution in [0, 0.1) is 5.92 Å². The summed E-state index contributed by atoms with van der Waals surface area (Å²) in [5.74, 6) is -0.992. The molecule has 0 spiro atoms. The van der Waals surface area contributed by atoms with E-state index in [1.807, 2.05) is 36.4 Å². The maximum absolute atomic E-state index is 13.7. The van der Waals surface area contributed by atoms with E-state index in [-0.39, 0.29) is 17.7 Å². The largest absolute Gasteiger partial charge is 0.288 e. The summed E-state index contributed by atoms with van der Waals surface area (Å²) in [6.45, 7) is 4.70. The number of unbranched alkanes of at least 4 members (excludes halogenated alkanes) is 1. The molecule has 1 unspecified atom stereocenters. The van der Waals surface area contributed by atoms with Crippen LogP contribution in [-0.2, 0) is 0 Å². The molecule has 0 fully saturated rings. The standard InChI is InChI=1S/C32H26N2O4/c1-3-5-6-16(4-2)15-34-31(37)23-13-9-19-17-7-11-21-27-22(30(36)33-29(21)35)12-8-18(25(17)27)20-10-14-24(32(34)38)28(23)26(19)20/h7-14,16H,3-6,15H2,1-2H3,(H,33,35,36). The predicted octanol–water partition coefficient (Wildman–Crippen LogP) is 6.43. The molecule has 1 N–H and O–H groups in total. The van der Waals surface area contributed by atoms with Crippen LogP contribution in [0.5, 0.6) is 0 Å². The zero-order valence-corrected chi connectivity index (χ0v) is 21.3. The van der Waals surface area contributed by atoms with Crippen LogP contribution in [0.25, 0.3) is 43.1 Å². The van der Waals surface area contributed by atoms with Crippen LogP contribution in [0.15, 0.2) is 48.5 Å². The van der Waals surface area contributed by atoms with E-state index in [1.54, 1.807) is 12.1 Å². The molecule has 0 aromatic heterocycles. The molecular formula is C32H26N2O4. The van der Waals surface area contributed by atoms with E-state index in [1.165, 1.54) is 4.90 Å². The van der Waals surface area contributed by atoms with E-state index in [2.05, 4.69) is 19.2 Å². The van der Waals surface area contributed by atoms with Gasteiger partial charge in [0.05, 0.1) is 0 Å². The van der Waals surface area contributed by atoms with Crippen LogP contribution < -0.4 is 5.32 Å². The van der Waals surface area contributed by atoms with Crippen LogP contribution in [0.4, 0.5) is 0 Å². The molecule has 4 amide bonds. The van der Waals surface area contributed by atoms with E-state index in [9.17, 15) is 19.2 Å². The Balaban J connectivity index is 1.50. The molecule has 2 aliphatic rings. The lowest BCUT2D eigenvalue weighted by atomic mass is 9.82. The highest BCUT2D eigenvalue weighted by Crippen LogP contribution is 2.45. The zero-order valence-electron chi connectivity index (χ0n) is 21.3. The van der Waals surface area contributed by atoms with Crippen molar-refractivity contribution in [2.24, 2.45) is 5.92 Å². The van der Waals surface area contributed by atoms with Gasteiger partial charge in [0.15, 0.2) is 0 Å². The average molecular weight is 503 g/mol. The summed E-state index contributed by atoms with van der Waals surface area (Å²) in [5, 5.41) is 9.10. The fourth-order valence-corrected chi connectivity index (χ4v) is 6.59. The van der Waals surface area contributed by atoms with E-state index in [4.69, 9.17) is 0 Å². The van der Waals surface area contributed by atoms with E-state index < -0.39 is 11.8 Å². The Morgan fingerprint density at radius 2 is 1.08 bits per heavy atom. The molecule has 38 heavy (non-hydrogen) atoms. The van der Waals surface area contributed by atoms with Gasteiger partial charge in [-0.3, -0.25) is 29.4 Å². The molecule has 5 aromatic rings. The van der Waals surface area contributed by atoms with Crippen LogP contribution in [0.1, 0.15) is 81.0 Å². The Bertz CT molecular complexity index is 1770. The molecular weight excluding hydrogens is 476 g/mol. The molecule has 2 heterocycles. The number of carbonyl (C=O) groups excluding carboxylic acids is 4. The number of hydrogen-bond acceptors (Lipinski definition) is 4. The van der Waals surface area contributed by atoms with Crippen LogP contribution in [0.3, 0.4) is 0 Å². The smallest absolute Gasteiger partial charge is 0.261 e. The highest BCUT2D eigenvalue weighted by molar-refractivity contribution is 6.41. The summed E-state index contributed by atoms with van der Waals surface area (Å²) in [6, 6.07) is 14.9. The summed E-state index contributed by atoms with van der Waals surface area (Å²) in [4.78, 5) is 54.2. The number of benzene rings is 5. The van der Waals surface area contributed by atoms with Crippen molar-refractivity contribution in [3.63, 3.8) is 0 Å². The minimum atomic E-state index is -0.400. The van der Waals surface area contributed by atoms with Gasteiger partial charge in [0.2, 0.25) is 0 Å². The summed E-state index contributed by atoms with van der Waals surface area (Å²) < 4.78 is 0. The van der Waals surface area contributed by atoms with Crippen LogP contribution in [0.2, 0.25) is 0 Å². The summed E-state index contributed by atoms with van der Waals surface area (Å²) >= 11 is 0. The monoisotopic (exact) mass is 502 g/mol. The number of hydrogen-bond donors (Lipinski definition) is 1. The lowest BCUT2D eigenvalue weighted by Crippen LogP contribution is -2.43. The Kier molecular flexibility index (Phi) is 4.86. The van der Waals surface area contributed by atoms with Crippen molar-refractivity contribution in [3.8, 4) is 0 Å². The summed E-state index contributed by atoms with van der Waals surface area (Å²) in [6.07, 6.45) is 4.08. The van der Waals surface area contributed by atoms with Gasteiger partial charge in [0.1, 0.15) is 0 Å². The number of nitrogens with one attached hydrogen (secondary N) is 1. The van der Waals surface area contributed by atoms with Crippen molar-refractivity contribution >= 4 is 66.7 Å². The zero-order chi connectivity index (χ0) is 26.3. The van der Waals surface area contributed by atoms with Gasteiger partial charge >= 0.3 is 0 Å². The molecule has 7 rings (SSSR count). The average Bonchev–Trinajstić information content (AvgIpc) is 2.93. The summed E-state index contributed by atoms with van der Waals surface area (Å²) in [7, 11) is 0. The van der Waals surface area contributed by atoms with Crippen molar-refractivity contribution in [2.75, 3.05) is 6.54 Å². The van der Waals surface area contributed by atoms with Gasteiger partial charge in [-0.1, -0.05) is 57.4 Å². The third-order valence-electron chi connectivity index (χ3n) is 8.55. The van der Waals surface area contributed by atoms with Crippen LogP contribution in [-0.4, -0.2) is 35.1 Å². The molecule has 0 bridgehead atoms. The highest BCUT2D eigenvalue weighted by atomic mass is 16.2. The molecule has 1 atom stereocenters. The third-order valence-corrected chi connectivity index (χ3v) is 8.55. The number of imide groups is 2. The predicted molar refractivity (Wildman–Crippen MR) is 148 cm³/mol. The number of fused-ring (bicyclic) bond motifs is 2. The van der Waals surface area contributed by atoms with Crippen molar-refractivity contribution in [1.29, 1.82) is 0 Å². The molecule has 6 nitrogen and oxygen atoms in total. The van der Waals surface area contributed by atoms with Gasteiger partial charge in [-0.25, -0.2) is 0 Å². The van der Waals surface area contributed by atoms with Crippen LogP contribution >= 0.6 is 0 Å². The first-order valence-electron chi connectivity index (χ1n) is 13.4. The number of nitrogens with zero attached hydrogens (tertiary/aromatic N) is 1. The van der Waals surface area contributed by atoms with Crippen molar-refractivity contribution < 1.29 is 19.2 Å². The minimum absolute atomic E-state index is 0.237. The fourth-order valence-electron chi connectivity index (χ4n) is 6.59. The van der Waals surface area contributed by atoms with Gasteiger partial charge in [0, 0.05) is 39.6 Å². The highest BCUT2D eigenvalue weighted by Gasteiger charge is 2.35. The maximum atomic E-state index is 13.7. The first-order chi connectivity index (χ1) is 18.4. The Hall–Kier alpha value is -4.32. The van der Waals surface area contributed by atoms with Crippen molar-refractivity contribution in [2.45, 2.75) is 39.5 Å². The normalized spacial score (nSPS) is 15.9. The van der Waals surface area contributed by atoms with Gasteiger partial charge in [-0.05, 0) is 68.9 Å².